The first-order valence-corrected chi connectivity index (χ1v) is 7.07. The summed E-state index contributed by atoms with van der Waals surface area (Å²) in [6, 6.07) is 0.349. The fourth-order valence-corrected chi connectivity index (χ4v) is 2.81. The smallest absolute Gasteiger partial charge is 0.273 e. The molecule has 0 bridgehead atoms. The van der Waals surface area contributed by atoms with Crippen LogP contribution in [0.3, 0.4) is 0 Å². The average Bonchev–Trinajstić information content (AvgIpc) is 2.94. The van der Waals surface area contributed by atoms with Crippen molar-refractivity contribution >= 4 is 5.91 Å². The first-order valence-electron chi connectivity index (χ1n) is 7.07. The van der Waals surface area contributed by atoms with E-state index in [1.54, 1.807) is 10.9 Å². The molecule has 2 fully saturated rings. The van der Waals surface area contributed by atoms with Gasteiger partial charge < -0.3 is 10.6 Å². The lowest BCUT2D eigenvalue weighted by molar-refractivity contribution is 0.0929. The summed E-state index contributed by atoms with van der Waals surface area (Å²) in [4.78, 5) is 12.0. The normalized spacial score (nSPS) is 22.2. The zero-order chi connectivity index (χ0) is 13.3. The molecule has 0 radical (unpaired) electrons. The molecule has 0 aromatic carbocycles. The molecule has 1 saturated heterocycles. The molecule has 104 valence electrons. The van der Waals surface area contributed by atoms with Gasteiger partial charge in [0.05, 0.1) is 12.2 Å². The van der Waals surface area contributed by atoms with Gasteiger partial charge in [-0.05, 0) is 18.3 Å². The number of hydrogen-bond acceptors (Lipinski definition) is 4. The number of amides is 1. The van der Waals surface area contributed by atoms with Gasteiger partial charge in [-0.3, -0.25) is 4.79 Å². The van der Waals surface area contributed by atoms with E-state index in [2.05, 4.69) is 27.9 Å². The Hall–Kier alpha value is -1.43. The molecule has 1 aromatic heterocycles. The Labute approximate surface area is 112 Å². The monoisotopic (exact) mass is 263 g/mol. The molecule has 1 aromatic rings. The van der Waals surface area contributed by atoms with Crippen LogP contribution in [0.4, 0.5) is 0 Å². The molecule has 1 amide bonds. The van der Waals surface area contributed by atoms with Gasteiger partial charge in [-0.15, -0.1) is 5.10 Å². The summed E-state index contributed by atoms with van der Waals surface area (Å²) >= 11 is 0. The largest absolute Gasteiger partial charge is 0.350 e. The number of nitrogens with one attached hydrogen (secondary N) is 2. The molecule has 1 aliphatic heterocycles. The summed E-state index contributed by atoms with van der Waals surface area (Å²) < 4.78 is 1.78. The van der Waals surface area contributed by atoms with E-state index in [-0.39, 0.29) is 11.3 Å². The van der Waals surface area contributed by atoms with Gasteiger partial charge in [0.25, 0.3) is 5.91 Å². The van der Waals surface area contributed by atoms with Crippen LogP contribution in [-0.2, 0) is 0 Å². The molecule has 3 rings (SSSR count). The number of rotatable bonds is 4. The van der Waals surface area contributed by atoms with Gasteiger partial charge in [-0.2, -0.15) is 0 Å². The minimum Gasteiger partial charge on any atom is -0.350 e. The second-order valence-corrected chi connectivity index (χ2v) is 6.10. The zero-order valence-corrected chi connectivity index (χ0v) is 11.4. The second kappa shape index (κ2) is 4.92. The van der Waals surface area contributed by atoms with Crippen LogP contribution in [0, 0.1) is 5.41 Å². The van der Waals surface area contributed by atoms with E-state index in [1.807, 2.05) is 0 Å². The van der Waals surface area contributed by atoms with Crippen LogP contribution in [0.2, 0.25) is 0 Å². The van der Waals surface area contributed by atoms with E-state index in [9.17, 15) is 4.79 Å². The van der Waals surface area contributed by atoms with E-state index >= 15 is 0 Å². The predicted octanol–water partition coefficient (Wildman–Crippen LogP) is 0.732. The Bertz CT molecular complexity index is 459. The second-order valence-electron chi connectivity index (χ2n) is 6.10. The predicted molar refractivity (Wildman–Crippen MR) is 70.8 cm³/mol. The van der Waals surface area contributed by atoms with Crippen molar-refractivity contribution in [2.75, 3.05) is 19.6 Å². The molecule has 1 saturated carbocycles. The van der Waals surface area contributed by atoms with Crippen molar-refractivity contribution in [2.45, 2.75) is 38.6 Å². The summed E-state index contributed by atoms with van der Waals surface area (Å²) in [5, 5.41) is 14.2. The lowest BCUT2D eigenvalue weighted by Crippen LogP contribution is -2.43. The quantitative estimate of drug-likeness (QED) is 0.840. The topological polar surface area (TPSA) is 71.8 Å². The number of carbonyl (C=O) groups excluding carboxylic acids is 1. The van der Waals surface area contributed by atoms with Gasteiger partial charge in [0.15, 0.2) is 5.69 Å². The average molecular weight is 263 g/mol. The molecular weight excluding hydrogens is 242 g/mol. The Morgan fingerprint density at radius 3 is 2.89 bits per heavy atom. The van der Waals surface area contributed by atoms with Gasteiger partial charge in [-0.25, -0.2) is 4.68 Å². The highest BCUT2D eigenvalue weighted by atomic mass is 16.2. The van der Waals surface area contributed by atoms with Crippen molar-refractivity contribution in [1.29, 1.82) is 0 Å². The molecule has 2 N–H and O–H groups in total. The van der Waals surface area contributed by atoms with Crippen LogP contribution in [0.1, 0.15) is 49.1 Å². The Morgan fingerprint density at radius 1 is 1.53 bits per heavy atom. The SMILES string of the molecule is CC1(CNC(=O)c2cn(C3CNC3)nn2)CCCC1. The van der Waals surface area contributed by atoms with Crippen molar-refractivity contribution in [3.05, 3.63) is 11.9 Å². The highest BCUT2D eigenvalue weighted by Crippen LogP contribution is 2.36. The van der Waals surface area contributed by atoms with Crippen molar-refractivity contribution in [3.63, 3.8) is 0 Å². The molecule has 0 atom stereocenters. The first kappa shape index (κ1) is 12.6. The van der Waals surface area contributed by atoms with E-state index in [0.29, 0.717) is 11.7 Å². The fraction of sp³-hybridized carbons (Fsp3) is 0.769. The maximum absolute atomic E-state index is 12.0. The number of hydrogen-bond donors (Lipinski definition) is 2. The highest BCUT2D eigenvalue weighted by molar-refractivity contribution is 5.91. The first-order chi connectivity index (χ1) is 9.16. The van der Waals surface area contributed by atoms with Gasteiger partial charge >= 0.3 is 0 Å². The summed E-state index contributed by atoms with van der Waals surface area (Å²) in [7, 11) is 0. The van der Waals surface area contributed by atoms with Gasteiger partial charge in [0.1, 0.15) is 0 Å². The number of carbonyl (C=O) groups is 1. The molecular formula is C13H21N5O. The molecule has 2 aliphatic rings. The molecule has 6 nitrogen and oxygen atoms in total. The Balaban J connectivity index is 1.56. The van der Waals surface area contributed by atoms with Crippen molar-refractivity contribution in [3.8, 4) is 0 Å². The Morgan fingerprint density at radius 2 is 2.26 bits per heavy atom. The molecule has 0 unspecified atom stereocenters. The van der Waals surface area contributed by atoms with E-state index < -0.39 is 0 Å². The van der Waals surface area contributed by atoms with Crippen LogP contribution >= 0.6 is 0 Å². The molecule has 0 spiro atoms. The van der Waals surface area contributed by atoms with Crippen LogP contribution in [0.25, 0.3) is 0 Å². The third kappa shape index (κ3) is 2.63. The van der Waals surface area contributed by atoms with Crippen LogP contribution in [0.5, 0.6) is 0 Å². The van der Waals surface area contributed by atoms with E-state index in [0.717, 1.165) is 19.6 Å². The third-order valence-corrected chi connectivity index (χ3v) is 4.36. The lowest BCUT2D eigenvalue weighted by Gasteiger charge is -2.26. The lowest BCUT2D eigenvalue weighted by atomic mass is 9.89. The summed E-state index contributed by atoms with van der Waals surface area (Å²) in [5.74, 6) is -0.105. The van der Waals surface area contributed by atoms with Crippen LogP contribution in [0.15, 0.2) is 6.20 Å². The maximum atomic E-state index is 12.0. The third-order valence-electron chi connectivity index (χ3n) is 4.36. The van der Waals surface area contributed by atoms with E-state index in [4.69, 9.17) is 0 Å². The minimum atomic E-state index is -0.105. The van der Waals surface area contributed by atoms with Gasteiger partial charge in [0, 0.05) is 19.6 Å². The molecule has 6 heteroatoms. The summed E-state index contributed by atoms with van der Waals surface area (Å²) in [6.45, 7) is 4.80. The summed E-state index contributed by atoms with van der Waals surface area (Å²) in [5.41, 5.74) is 0.692. The molecule has 2 heterocycles. The standard InChI is InChI=1S/C13H21N5O/c1-13(4-2-3-5-13)9-15-12(19)11-8-18(17-16-11)10-6-14-7-10/h8,10,14H,2-7,9H2,1H3,(H,15,19). The van der Waals surface area contributed by atoms with Crippen LogP contribution in [-0.4, -0.2) is 40.5 Å². The van der Waals surface area contributed by atoms with Gasteiger partial charge in [-0.1, -0.05) is 25.0 Å². The molecule has 19 heavy (non-hydrogen) atoms. The fourth-order valence-electron chi connectivity index (χ4n) is 2.81. The van der Waals surface area contributed by atoms with Crippen molar-refractivity contribution in [1.82, 2.24) is 25.6 Å². The molecule has 1 aliphatic carbocycles. The van der Waals surface area contributed by atoms with Crippen LogP contribution < -0.4 is 10.6 Å². The number of aromatic nitrogens is 3. The number of nitrogens with zero attached hydrogens (tertiary/aromatic N) is 3. The van der Waals surface area contributed by atoms with Gasteiger partial charge in [0.2, 0.25) is 0 Å². The van der Waals surface area contributed by atoms with E-state index in [1.165, 1.54) is 25.7 Å². The van der Waals surface area contributed by atoms with Crippen molar-refractivity contribution < 1.29 is 4.79 Å². The minimum absolute atomic E-state index is 0.105. The Kier molecular flexibility index (Phi) is 3.26. The van der Waals surface area contributed by atoms with Crippen molar-refractivity contribution in [2.24, 2.45) is 5.41 Å². The summed E-state index contributed by atoms with van der Waals surface area (Å²) in [6.07, 6.45) is 6.70. The zero-order valence-electron chi connectivity index (χ0n) is 11.4. The highest BCUT2D eigenvalue weighted by Gasteiger charge is 2.29. The maximum Gasteiger partial charge on any atom is 0.273 e.